The van der Waals surface area contributed by atoms with Gasteiger partial charge in [-0.2, -0.15) is 0 Å². The quantitative estimate of drug-likeness (QED) is 0.827. The molecule has 2 unspecified atom stereocenters. The van der Waals surface area contributed by atoms with Crippen LogP contribution < -0.4 is 0 Å². The van der Waals surface area contributed by atoms with Gasteiger partial charge in [-0.15, -0.1) is 0 Å². The maximum Gasteiger partial charge on any atom is 0.0964 e. The summed E-state index contributed by atoms with van der Waals surface area (Å²) in [4.78, 5) is 2.30. The summed E-state index contributed by atoms with van der Waals surface area (Å²) in [7, 11) is 0. The fourth-order valence-corrected chi connectivity index (χ4v) is 2.03. The number of hydrogen-bond acceptors (Lipinski definition) is 4. The van der Waals surface area contributed by atoms with Gasteiger partial charge >= 0.3 is 0 Å². The molecule has 4 heteroatoms. The van der Waals surface area contributed by atoms with E-state index in [0.717, 1.165) is 25.2 Å². The van der Waals surface area contributed by atoms with Crippen LogP contribution in [0.15, 0.2) is 23.0 Å². The first-order valence-electron chi connectivity index (χ1n) is 5.82. The molecule has 2 rings (SSSR count). The summed E-state index contributed by atoms with van der Waals surface area (Å²) in [5, 5.41) is 10.1. The Labute approximate surface area is 95.8 Å². The van der Waals surface area contributed by atoms with E-state index in [1.54, 1.807) is 12.5 Å². The minimum atomic E-state index is -0.452. The molecule has 1 aromatic heterocycles. The van der Waals surface area contributed by atoms with E-state index in [4.69, 9.17) is 9.15 Å². The number of likely N-dealkylation sites (N-methyl/N-ethyl adjacent to an activating group) is 1. The van der Waals surface area contributed by atoms with Crippen LogP contribution >= 0.6 is 0 Å². The highest BCUT2D eigenvalue weighted by Gasteiger charge is 2.26. The molecular formula is C12H19NO3. The SMILES string of the molecule is CCN1CCOC(C(O)Cc2ccoc2)C1. The number of aliphatic hydroxyl groups is 1. The molecule has 1 aliphatic rings. The van der Waals surface area contributed by atoms with Crippen molar-refractivity contribution in [2.24, 2.45) is 0 Å². The van der Waals surface area contributed by atoms with Crippen molar-refractivity contribution in [3.8, 4) is 0 Å². The molecule has 1 saturated heterocycles. The summed E-state index contributed by atoms with van der Waals surface area (Å²) in [5.41, 5.74) is 1.02. The largest absolute Gasteiger partial charge is 0.472 e. The van der Waals surface area contributed by atoms with Crippen molar-refractivity contribution in [1.82, 2.24) is 4.90 Å². The molecule has 0 bridgehead atoms. The Morgan fingerprint density at radius 3 is 3.19 bits per heavy atom. The lowest BCUT2D eigenvalue weighted by molar-refractivity contribution is -0.0867. The van der Waals surface area contributed by atoms with Crippen LogP contribution in [0.2, 0.25) is 0 Å². The van der Waals surface area contributed by atoms with Crippen molar-refractivity contribution in [1.29, 1.82) is 0 Å². The lowest BCUT2D eigenvalue weighted by Crippen LogP contribution is -2.48. The zero-order valence-corrected chi connectivity index (χ0v) is 9.63. The van der Waals surface area contributed by atoms with Gasteiger partial charge in [-0.3, -0.25) is 4.90 Å². The molecule has 2 atom stereocenters. The van der Waals surface area contributed by atoms with Crippen molar-refractivity contribution in [2.75, 3.05) is 26.2 Å². The Morgan fingerprint density at radius 1 is 1.62 bits per heavy atom. The first kappa shape index (κ1) is 11.6. The first-order valence-corrected chi connectivity index (χ1v) is 5.82. The molecule has 4 nitrogen and oxygen atoms in total. The van der Waals surface area contributed by atoms with Gasteiger partial charge in [0.05, 0.1) is 31.3 Å². The van der Waals surface area contributed by atoms with E-state index in [0.29, 0.717) is 13.0 Å². The molecule has 0 amide bonds. The molecular weight excluding hydrogens is 206 g/mol. The predicted molar refractivity (Wildman–Crippen MR) is 60.3 cm³/mol. The maximum absolute atomic E-state index is 10.1. The fraction of sp³-hybridized carbons (Fsp3) is 0.667. The second kappa shape index (κ2) is 5.48. The summed E-state index contributed by atoms with van der Waals surface area (Å²) in [5.74, 6) is 0. The highest BCUT2D eigenvalue weighted by Crippen LogP contribution is 2.13. The number of ether oxygens (including phenoxy) is 1. The van der Waals surface area contributed by atoms with Crippen LogP contribution in [0, 0.1) is 0 Å². The van der Waals surface area contributed by atoms with E-state index in [9.17, 15) is 5.11 Å². The van der Waals surface area contributed by atoms with Gasteiger partial charge < -0.3 is 14.3 Å². The molecule has 2 heterocycles. The molecule has 0 saturated carbocycles. The minimum absolute atomic E-state index is 0.0800. The Balaban J connectivity index is 1.86. The molecule has 0 aliphatic carbocycles. The van der Waals surface area contributed by atoms with Crippen molar-refractivity contribution in [2.45, 2.75) is 25.6 Å². The average molecular weight is 225 g/mol. The summed E-state index contributed by atoms with van der Waals surface area (Å²) in [6.07, 6.45) is 3.36. The number of aliphatic hydroxyl groups excluding tert-OH is 1. The van der Waals surface area contributed by atoms with Gasteiger partial charge in [0, 0.05) is 19.5 Å². The van der Waals surface area contributed by atoms with Gasteiger partial charge in [-0.25, -0.2) is 0 Å². The zero-order valence-electron chi connectivity index (χ0n) is 9.63. The number of rotatable bonds is 4. The lowest BCUT2D eigenvalue weighted by atomic mass is 10.1. The van der Waals surface area contributed by atoms with E-state index in [1.807, 2.05) is 6.07 Å². The van der Waals surface area contributed by atoms with E-state index >= 15 is 0 Å². The minimum Gasteiger partial charge on any atom is -0.472 e. The number of hydrogen-bond donors (Lipinski definition) is 1. The molecule has 1 aliphatic heterocycles. The summed E-state index contributed by atoms with van der Waals surface area (Å²) < 4.78 is 10.6. The molecule has 0 radical (unpaired) electrons. The van der Waals surface area contributed by atoms with Gasteiger partial charge in [-0.05, 0) is 18.2 Å². The second-order valence-electron chi connectivity index (χ2n) is 4.21. The molecule has 1 aromatic rings. The molecule has 0 spiro atoms. The average Bonchev–Trinajstić information content (AvgIpc) is 2.82. The number of furan rings is 1. The predicted octanol–water partition coefficient (Wildman–Crippen LogP) is 0.904. The third kappa shape index (κ3) is 2.84. The van der Waals surface area contributed by atoms with E-state index in [-0.39, 0.29) is 6.10 Å². The van der Waals surface area contributed by atoms with E-state index < -0.39 is 6.10 Å². The Morgan fingerprint density at radius 2 is 2.50 bits per heavy atom. The first-order chi connectivity index (χ1) is 7.79. The standard InChI is InChI=1S/C12H19NO3/c1-2-13-4-6-16-12(8-13)11(14)7-10-3-5-15-9-10/h3,5,9,11-12,14H,2,4,6-8H2,1H3. The van der Waals surface area contributed by atoms with Crippen LogP contribution in [-0.2, 0) is 11.2 Å². The summed E-state index contributed by atoms with van der Waals surface area (Å²) in [6.45, 7) is 5.63. The second-order valence-corrected chi connectivity index (χ2v) is 4.21. The third-order valence-corrected chi connectivity index (χ3v) is 3.08. The highest BCUT2D eigenvalue weighted by molar-refractivity contribution is 5.07. The smallest absolute Gasteiger partial charge is 0.0964 e. The molecule has 0 aromatic carbocycles. The number of morpholine rings is 1. The van der Waals surface area contributed by atoms with Crippen LogP contribution in [0.5, 0.6) is 0 Å². The monoisotopic (exact) mass is 225 g/mol. The number of nitrogens with zero attached hydrogens (tertiary/aromatic N) is 1. The zero-order chi connectivity index (χ0) is 11.4. The molecule has 16 heavy (non-hydrogen) atoms. The van der Waals surface area contributed by atoms with Crippen LogP contribution in [0.3, 0.4) is 0 Å². The van der Waals surface area contributed by atoms with Crippen LogP contribution in [0.4, 0.5) is 0 Å². The van der Waals surface area contributed by atoms with Crippen LogP contribution in [0.25, 0.3) is 0 Å². The van der Waals surface area contributed by atoms with Gasteiger partial charge in [-0.1, -0.05) is 6.92 Å². The van der Waals surface area contributed by atoms with Crippen LogP contribution in [0.1, 0.15) is 12.5 Å². The molecule has 1 fully saturated rings. The van der Waals surface area contributed by atoms with E-state index in [1.165, 1.54) is 0 Å². The third-order valence-electron chi connectivity index (χ3n) is 3.08. The van der Waals surface area contributed by atoms with Crippen LogP contribution in [-0.4, -0.2) is 48.5 Å². The fourth-order valence-electron chi connectivity index (χ4n) is 2.03. The van der Waals surface area contributed by atoms with Crippen molar-refractivity contribution in [3.63, 3.8) is 0 Å². The summed E-state index contributed by atoms with van der Waals surface area (Å²) in [6, 6.07) is 1.88. The Bertz CT molecular complexity index is 299. The van der Waals surface area contributed by atoms with Gasteiger partial charge in [0.25, 0.3) is 0 Å². The molecule has 90 valence electrons. The topological polar surface area (TPSA) is 45.8 Å². The van der Waals surface area contributed by atoms with Crippen molar-refractivity contribution in [3.05, 3.63) is 24.2 Å². The van der Waals surface area contributed by atoms with Crippen molar-refractivity contribution < 1.29 is 14.3 Å². The Hall–Kier alpha value is -0.840. The van der Waals surface area contributed by atoms with Crippen molar-refractivity contribution >= 4 is 0 Å². The van der Waals surface area contributed by atoms with Gasteiger partial charge in [0.2, 0.25) is 0 Å². The lowest BCUT2D eigenvalue weighted by Gasteiger charge is -2.34. The normalized spacial score (nSPS) is 24.5. The maximum atomic E-state index is 10.1. The van der Waals surface area contributed by atoms with Gasteiger partial charge in [0.15, 0.2) is 0 Å². The van der Waals surface area contributed by atoms with Gasteiger partial charge in [0.1, 0.15) is 0 Å². The van der Waals surface area contributed by atoms with E-state index in [2.05, 4.69) is 11.8 Å². The summed E-state index contributed by atoms with van der Waals surface area (Å²) >= 11 is 0. The highest BCUT2D eigenvalue weighted by atomic mass is 16.5. The molecule has 1 N–H and O–H groups in total. The Kier molecular flexibility index (Phi) is 3.98.